The normalized spacial score (nSPS) is 13.0. The van der Waals surface area contributed by atoms with Gasteiger partial charge in [-0.05, 0) is 19.4 Å². The Bertz CT molecular complexity index is 534. The number of carbonyl (C=O) groups is 1. The first kappa shape index (κ1) is 13.5. The van der Waals surface area contributed by atoms with Crippen LogP contribution in [0.1, 0.15) is 26.0 Å². The van der Waals surface area contributed by atoms with Gasteiger partial charge in [-0.3, -0.25) is 14.1 Å². The number of carboxylic acid groups (broad SMARTS) is 1. The van der Waals surface area contributed by atoms with Gasteiger partial charge >= 0.3 is 5.97 Å². The highest BCUT2D eigenvalue weighted by molar-refractivity contribution is 5.69. The second-order valence-corrected chi connectivity index (χ2v) is 4.62. The second kappa shape index (κ2) is 5.79. The average molecular weight is 262 g/mol. The Morgan fingerprint density at radius 3 is 3.00 bits per heavy atom. The fourth-order valence-electron chi connectivity index (χ4n) is 1.96. The summed E-state index contributed by atoms with van der Waals surface area (Å²) in [6.45, 7) is 4.61. The van der Waals surface area contributed by atoms with Gasteiger partial charge in [0.15, 0.2) is 0 Å². The lowest BCUT2D eigenvalue weighted by Crippen LogP contribution is -2.36. The van der Waals surface area contributed by atoms with Crippen LogP contribution in [-0.2, 0) is 11.3 Å². The minimum atomic E-state index is -0.817. The van der Waals surface area contributed by atoms with Gasteiger partial charge in [0.2, 0.25) is 5.78 Å². The third kappa shape index (κ3) is 3.29. The van der Waals surface area contributed by atoms with Crippen molar-refractivity contribution >= 4 is 11.7 Å². The van der Waals surface area contributed by atoms with Gasteiger partial charge < -0.3 is 5.11 Å². The van der Waals surface area contributed by atoms with Gasteiger partial charge in [0.05, 0.1) is 12.2 Å². The summed E-state index contributed by atoms with van der Waals surface area (Å²) < 4.78 is 1.84. The Hall–Kier alpha value is -1.95. The van der Waals surface area contributed by atoms with Gasteiger partial charge in [0.1, 0.15) is 0 Å². The van der Waals surface area contributed by atoms with E-state index in [2.05, 4.69) is 9.97 Å². The molecular formula is C13H18N4O2. The molecule has 2 aromatic rings. The fourth-order valence-corrected chi connectivity index (χ4v) is 1.96. The Morgan fingerprint density at radius 2 is 2.37 bits per heavy atom. The summed E-state index contributed by atoms with van der Waals surface area (Å²) in [6.07, 6.45) is 6.36. The van der Waals surface area contributed by atoms with Gasteiger partial charge in [-0.25, -0.2) is 9.97 Å². The third-order valence-electron chi connectivity index (χ3n) is 3.20. The van der Waals surface area contributed by atoms with Crippen LogP contribution in [0.25, 0.3) is 5.78 Å². The molecule has 0 aromatic carbocycles. The van der Waals surface area contributed by atoms with Crippen molar-refractivity contribution in [1.82, 2.24) is 19.3 Å². The molecule has 0 aliphatic carbocycles. The quantitative estimate of drug-likeness (QED) is 0.852. The van der Waals surface area contributed by atoms with Crippen LogP contribution >= 0.6 is 0 Å². The van der Waals surface area contributed by atoms with Crippen molar-refractivity contribution in [2.24, 2.45) is 0 Å². The summed E-state index contributed by atoms with van der Waals surface area (Å²) in [5, 5.41) is 8.97. The monoisotopic (exact) mass is 262 g/mol. The predicted octanol–water partition coefficient (Wildman–Crippen LogP) is 1.41. The maximum atomic E-state index is 10.9. The van der Waals surface area contributed by atoms with Crippen LogP contribution in [0.5, 0.6) is 0 Å². The summed E-state index contributed by atoms with van der Waals surface area (Å²) in [4.78, 5) is 21.4. The molecule has 0 saturated heterocycles. The number of imidazole rings is 1. The summed E-state index contributed by atoms with van der Waals surface area (Å²) in [5.41, 5.74) is 0.834. The number of rotatable bonds is 6. The van der Waals surface area contributed by atoms with Crippen molar-refractivity contribution in [3.63, 3.8) is 0 Å². The number of hydrogen-bond donors (Lipinski definition) is 1. The molecule has 0 radical (unpaired) electrons. The molecule has 0 fully saturated rings. The molecule has 0 aliphatic heterocycles. The fraction of sp³-hybridized carbons (Fsp3) is 0.462. The lowest BCUT2D eigenvalue weighted by molar-refractivity contribution is -0.139. The van der Waals surface area contributed by atoms with Gasteiger partial charge in [-0.15, -0.1) is 0 Å². The summed E-state index contributed by atoms with van der Waals surface area (Å²) in [6, 6.07) is 2.04. The Balaban J connectivity index is 2.17. The molecule has 1 unspecified atom stereocenters. The maximum Gasteiger partial charge on any atom is 0.317 e. The molecule has 0 bridgehead atoms. The number of hydrogen-bond acceptors (Lipinski definition) is 4. The highest BCUT2D eigenvalue weighted by atomic mass is 16.4. The van der Waals surface area contributed by atoms with Crippen LogP contribution in [0.3, 0.4) is 0 Å². The zero-order valence-corrected chi connectivity index (χ0v) is 11.2. The standard InChI is InChI=1S/C13H18N4O2/c1-3-10(2)17(9-12(18)19)8-11-7-16-6-4-5-14-13(16)15-11/h4-7,10H,3,8-9H2,1-2H3,(H,18,19). The first-order chi connectivity index (χ1) is 9.10. The van der Waals surface area contributed by atoms with Crippen molar-refractivity contribution in [1.29, 1.82) is 0 Å². The first-order valence-corrected chi connectivity index (χ1v) is 6.34. The zero-order valence-electron chi connectivity index (χ0n) is 11.2. The molecular weight excluding hydrogens is 244 g/mol. The summed E-state index contributed by atoms with van der Waals surface area (Å²) in [5.74, 6) is -0.181. The van der Waals surface area contributed by atoms with E-state index in [0.29, 0.717) is 12.3 Å². The predicted molar refractivity (Wildman–Crippen MR) is 70.8 cm³/mol. The smallest absolute Gasteiger partial charge is 0.317 e. The lowest BCUT2D eigenvalue weighted by atomic mass is 10.2. The van der Waals surface area contributed by atoms with E-state index in [0.717, 1.165) is 12.1 Å². The third-order valence-corrected chi connectivity index (χ3v) is 3.20. The minimum Gasteiger partial charge on any atom is -0.480 e. The second-order valence-electron chi connectivity index (χ2n) is 4.62. The van der Waals surface area contributed by atoms with Crippen molar-refractivity contribution in [3.8, 4) is 0 Å². The van der Waals surface area contributed by atoms with Crippen LogP contribution < -0.4 is 0 Å². The van der Waals surface area contributed by atoms with E-state index >= 15 is 0 Å². The molecule has 2 heterocycles. The maximum absolute atomic E-state index is 10.9. The molecule has 0 saturated carbocycles. The lowest BCUT2D eigenvalue weighted by Gasteiger charge is -2.25. The SMILES string of the molecule is CCC(C)N(CC(=O)O)Cc1cn2cccnc2n1. The van der Waals surface area contributed by atoms with E-state index in [-0.39, 0.29) is 12.6 Å². The van der Waals surface area contributed by atoms with E-state index in [1.807, 2.05) is 41.6 Å². The van der Waals surface area contributed by atoms with Crippen molar-refractivity contribution in [2.75, 3.05) is 6.54 Å². The van der Waals surface area contributed by atoms with Crippen LogP contribution in [0.4, 0.5) is 0 Å². The van der Waals surface area contributed by atoms with Crippen molar-refractivity contribution in [3.05, 3.63) is 30.4 Å². The highest BCUT2D eigenvalue weighted by Gasteiger charge is 2.17. The summed E-state index contributed by atoms with van der Waals surface area (Å²) >= 11 is 0. The average Bonchev–Trinajstić information content (AvgIpc) is 2.78. The Morgan fingerprint density at radius 1 is 1.58 bits per heavy atom. The molecule has 0 amide bonds. The van der Waals surface area contributed by atoms with E-state index < -0.39 is 5.97 Å². The molecule has 2 rings (SSSR count). The number of carboxylic acids is 1. The Labute approximate surface area is 111 Å². The van der Waals surface area contributed by atoms with Crippen molar-refractivity contribution < 1.29 is 9.90 Å². The van der Waals surface area contributed by atoms with Crippen LogP contribution in [0.2, 0.25) is 0 Å². The minimum absolute atomic E-state index is 0.0241. The van der Waals surface area contributed by atoms with E-state index in [9.17, 15) is 4.79 Å². The highest BCUT2D eigenvalue weighted by Crippen LogP contribution is 2.10. The molecule has 0 aliphatic rings. The number of nitrogens with zero attached hydrogens (tertiary/aromatic N) is 4. The molecule has 1 N–H and O–H groups in total. The molecule has 2 aromatic heterocycles. The van der Waals surface area contributed by atoms with E-state index in [1.54, 1.807) is 6.20 Å². The molecule has 0 spiro atoms. The van der Waals surface area contributed by atoms with Crippen LogP contribution in [0, 0.1) is 0 Å². The molecule has 1 atom stereocenters. The van der Waals surface area contributed by atoms with E-state index in [1.165, 1.54) is 0 Å². The zero-order chi connectivity index (χ0) is 13.8. The van der Waals surface area contributed by atoms with Gasteiger partial charge in [0.25, 0.3) is 0 Å². The number of fused-ring (bicyclic) bond motifs is 1. The number of aromatic nitrogens is 3. The molecule has 6 nitrogen and oxygen atoms in total. The van der Waals surface area contributed by atoms with Crippen LogP contribution in [0.15, 0.2) is 24.7 Å². The molecule has 6 heteroatoms. The van der Waals surface area contributed by atoms with Gasteiger partial charge in [-0.2, -0.15) is 0 Å². The van der Waals surface area contributed by atoms with Gasteiger partial charge in [0, 0.05) is 31.2 Å². The summed E-state index contributed by atoms with van der Waals surface area (Å²) in [7, 11) is 0. The Kier molecular flexibility index (Phi) is 4.11. The largest absolute Gasteiger partial charge is 0.480 e. The topological polar surface area (TPSA) is 70.7 Å². The number of aliphatic carboxylic acids is 1. The van der Waals surface area contributed by atoms with Crippen molar-refractivity contribution in [2.45, 2.75) is 32.9 Å². The van der Waals surface area contributed by atoms with E-state index in [4.69, 9.17) is 5.11 Å². The van der Waals surface area contributed by atoms with Crippen LogP contribution in [-0.4, -0.2) is 42.9 Å². The molecule has 19 heavy (non-hydrogen) atoms. The van der Waals surface area contributed by atoms with Gasteiger partial charge in [-0.1, -0.05) is 6.92 Å². The molecule has 102 valence electrons. The first-order valence-electron chi connectivity index (χ1n) is 6.34.